The van der Waals surface area contributed by atoms with Crippen molar-refractivity contribution in [1.29, 1.82) is 0 Å². The number of hydrogen-bond donors (Lipinski definition) is 1. The third-order valence-electron chi connectivity index (χ3n) is 5.87. The van der Waals surface area contributed by atoms with Crippen molar-refractivity contribution in [2.45, 2.75) is 25.8 Å². The third kappa shape index (κ3) is 4.80. The second kappa shape index (κ2) is 9.79. The number of nitrogens with one attached hydrogen (secondary N) is 1. The van der Waals surface area contributed by atoms with Crippen molar-refractivity contribution < 1.29 is 14.3 Å². The van der Waals surface area contributed by atoms with Crippen LogP contribution in [0.1, 0.15) is 39.1 Å². The maximum absolute atomic E-state index is 13.1. The third-order valence-corrected chi connectivity index (χ3v) is 5.87. The fourth-order valence-electron chi connectivity index (χ4n) is 4.12. The van der Waals surface area contributed by atoms with Crippen molar-refractivity contribution in [3.63, 3.8) is 0 Å². The van der Waals surface area contributed by atoms with E-state index in [1.807, 2.05) is 53.6 Å². The molecule has 2 amide bonds. The number of unbranched alkanes of at least 4 members (excludes halogenated alkanes) is 1. The maximum atomic E-state index is 13.1. The van der Waals surface area contributed by atoms with Crippen LogP contribution < -0.4 is 5.32 Å². The van der Waals surface area contributed by atoms with Gasteiger partial charge in [-0.15, -0.1) is 0 Å². The summed E-state index contributed by atoms with van der Waals surface area (Å²) in [7, 11) is 1.64. The van der Waals surface area contributed by atoms with Gasteiger partial charge in [0.1, 0.15) is 0 Å². The van der Waals surface area contributed by atoms with Gasteiger partial charge in [0.05, 0.1) is 18.8 Å². The largest absolute Gasteiger partial charge is 0.378 e. The van der Waals surface area contributed by atoms with Gasteiger partial charge in [-0.3, -0.25) is 9.59 Å². The predicted octanol–water partition coefficient (Wildman–Crippen LogP) is 3.50. The Balaban J connectivity index is 1.39. The Morgan fingerprint density at radius 2 is 1.74 bits per heavy atom. The molecule has 0 spiro atoms. The maximum Gasteiger partial charge on any atom is 0.256 e. The van der Waals surface area contributed by atoms with E-state index in [0.717, 1.165) is 42.3 Å². The van der Waals surface area contributed by atoms with Gasteiger partial charge in [0.2, 0.25) is 0 Å². The number of ether oxygens (including phenoxy) is 1. The fourth-order valence-corrected chi connectivity index (χ4v) is 4.12. The van der Waals surface area contributed by atoms with Crippen molar-refractivity contribution in [3.05, 3.63) is 71.4 Å². The standard InChI is InChI=1S/C25H29N3O3/c1-26-24(29)20-11-9-19(10-12-20)6-4-5-13-28-18-22(21-7-2-3-8-23(21)28)25(30)27-14-16-31-17-15-27/h2-3,7-12,18H,4-6,13-17H2,1H3,(H,26,29). The second-order valence-electron chi connectivity index (χ2n) is 7.89. The van der Waals surface area contributed by atoms with E-state index in [9.17, 15) is 9.59 Å². The van der Waals surface area contributed by atoms with E-state index in [2.05, 4.69) is 16.0 Å². The van der Waals surface area contributed by atoms with Crippen LogP contribution in [0.4, 0.5) is 0 Å². The minimum atomic E-state index is -0.0616. The van der Waals surface area contributed by atoms with Crippen molar-refractivity contribution in [1.82, 2.24) is 14.8 Å². The van der Waals surface area contributed by atoms with Crippen LogP contribution in [0.25, 0.3) is 10.9 Å². The van der Waals surface area contributed by atoms with Gasteiger partial charge in [-0.05, 0) is 43.0 Å². The molecule has 0 saturated carbocycles. The van der Waals surface area contributed by atoms with E-state index in [4.69, 9.17) is 4.74 Å². The number of fused-ring (bicyclic) bond motifs is 1. The molecule has 0 aliphatic carbocycles. The Bertz CT molecular complexity index is 1050. The molecule has 0 radical (unpaired) electrons. The topological polar surface area (TPSA) is 63.6 Å². The SMILES string of the molecule is CNC(=O)c1ccc(CCCCn2cc(C(=O)N3CCOCC3)c3ccccc32)cc1. The van der Waals surface area contributed by atoms with Crippen LogP contribution in [0, 0.1) is 0 Å². The summed E-state index contributed by atoms with van der Waals surface area (Å²) >= 11 is 0. The molecule has 1 saturated heterocycles. The van der Waals surface area contributed by atoms with Crippen molar-refractivity contribution in [3.8, 4) is 0 Å². The Hall–Kier alpha value is -3.12. The van der Waals surface area contributed by atoms with Crippen molar-refractivity contribution in [2.75, 3.05) is 33.4 Å². The molecule has 0 unspecified atom stereocenters. The molecule has 1 aromatic heterocycles. The summed E-state index contributed by atoms with van der Waals surface area (Å²) in [4.78, 5) is 26.6. The molecule has 4 rings (SSSR count). The van der Waals surface area contributed by atoms with E-state index in [-0.39, 0.29) is 11.8 Å². The van der Waals surface area contributed by atoms with E-state index in [0.29, 0.717) is 31.9 Å². The van der Waals surface area contributed by atoms with E-state index in [1.165, 1.54) is 5.56 Å². The number of para-hydroxylation sites is 1. The first-order chi connectivity index (χ1) is 15.2. The summed E-state index contributed by atoms with van der Waals surface area (Å²) in [5.41, 5.74) is 3.80. The van der Waals surface area contributed by atoms with Crippen LogP contribution in [0.15, 0.2) is 54.7 Å². The van der Waals surface area contributed by atoms with E-state index < -0.39 is 0 Å². The first-order valence-electron chi connectivity index (χ1n) is 10.9. The molecule has 6 heteroatoms. The van der Waals surface area contributed by atoms with Gasteiger partial charge in [0.25, 0.3) is 11.8 Å². The highest BCUT2D eigenvalue weighted by molar-refractivity contribution is 6.07. The molecular weight excluding hydrogens is 390 g/mol. The average molecular weight is 420 g/mol. The summed E-state index contributed by atoms with van der Waals surface area (Å²) in [6.45, 7) is 3.38. The quantitative estimate of drug-likeness (QED) is 0.596. The number of aryl methyl sites for hydroxylation is 2. The minimum absolute atomic E-state index is 0.0616. The summed E-state index contributed by atoms with van der Waals surface area (Å²) < 4.78 is 7.59. The van der Waals surface area contributed by atoms with Gasteiger partial charge in [-0.25, -0.2) is 0 Å². The monoisotopic (exact) mass is 419 g/mol. The summed E-state index contributed by atoms with van der Waals surface area (Å²) in [6.07, 6.45) is 5.03. The number of carbonyl (C=O) groups excluding carboxylic acids is 2. The smallest absolute Gasteiger partial charge is 0.256 e. The lowest BCUT2D eigenvalue weighted by atomic mass is 10.1. The highest BCUT2D eigenvalue weighted by Gasteiger charge is 2.22. The number of benzene rings is 2. The van der Waals surface area contributed by atoms with Crippen molar-refractivity contribution >= 4 is 22.7 Å². The highest BCUT2D eigenvalue weighted by atomic mass is 16.5. The molecular formula is C25H29N3O3. The number of aromatic nitrogens is 1. The lowest BCUT2D eigenvalue weighted by molar-refractivity contribution is 0.0304. The van der Waals surface area contributed by atoms with Crippen molar-refractivity contribution in [2.24, 2.45) is 0 Å². The zero-order valence-electron chi connectivity index (χ0n) is 18.0. The minimum Gasteiger partial charge on any atom is -0.378 e. The Kier molecular flexibility index (Phi) is 6.67. The van der Waals surface area contributed by atoms with Crippen LogP contribution in [0.5, 0.6) is 0 Å². The molecule has 162 valence electrons. The number of carbonyl (C=O) groups is 2. The van der Waals surface area contributed by atoms with Crippen LogP contribution in [0.3, 0.4) is 0 Å². The number of hydrogen-bond acceptors (Lipinski definition) is 3. The molecule has 1 N–H and O–H groups in total. The molecule has 2 aromatic carbocycles. The first-order valence-corrected chi connectivity index (χ1v) is 10.9. The molecule has 1 aliphatic rings. The number of nitrogens with zero attached hydrogens (tertiary/aromatic N) is 2. The van der Waals surface area contributed by atoms with Crippen LogP contribution in [0.2, 0.25) is 0 Å². The van der Waals surface area contributed by atoms with Gasteiger partial charge in [0.15, 0.2) is 0 Å². The molecule has 6 nitrogen and oxygen atoms in total. The number of morpholine rings is 1. The number of amides is 2. The summed E-state index contributed by atoms with van der Waals surface area (Å²) in [5.74, 6) is 0.0305. The second-order valence-corrected chi connectivity index (χ2v) is 7.89. The predicted molar refractivity (Wildman–Crippen MR) is 121 cm³/mol. The van der Waals surface area contributed by atoms with Gasteiger partial charge in [-0.2, -0.15) is 0 Å². The first kappa shape index (κ1) is 21.1. The Morgan fingerprint density at radius 3 is 2.48 bits per heavy atom. The molecule has 3 aromatic rings. The summed E-state index contributed by atoms with van der Waals surface area (Å²) in [5, 5.41) is 3.66. The Morgan fingerprint density at radius 1 is 1.00 bits per heavy atom. The molecule has 0 atom stereocenters. The van der Waals surface area contributed by atoms with Gasteiger partial charge in [-0.1, -0.05) is 30.3 Å². The lowest BCUT2D eigenvalue weighted by Gasteiger charge is -2.26. The molecule has 31 heavy (non-hydrogen) atoms. The van der Waals surface area contributed by atoms with Gasteiger partial charge < -0.3 is 19.5 Å². The zero-order valence-corrected chi connectivity index (χ0v) is 18.0. The van der Waals surface area contributed by atoms with E-state index >= 15 is 0 Å². The normalized spacial score (nSPS) is 14.0. The van der Waals surface area contributed by atoms with E-state index in [1.54, 1.807) is 7.05 Å². The molecule has 1 aliphatic heterocycles. The highest BCUT2D eigenvalue weighted by Crippen LogP contribution is 2.24. The summed E-state index contributed by atoms with van der Waals surface area (Å²) in [6, 6.07) is 15.9. The van der Waals surface area contributed by atoms with Gasteiger partial charge >= 0.3 is 0 Å². The van der Waals surface area contributed by atoms with Crippen LogP contribution in [-0.2, 0) is 17.7 Å². The fraction of sp³-hybridized carbons (Fsp3) is 0.360. The Labute approximate surface area is 182 Å². The lowest BCUT2D eigenvalue weighted by Crippen LogP contribution is -2.40. The van der Waals surface area contributed by atoms with Crippen LogP contribution >= 0.6 is 0 Å². The number of rotatable bonds is 7. The van der Waals surface area contributed by atoms with Gasteiger partial charge in [0, 0.05) is 49.3 Å². The molecule has 0 bridgehead atoms. The molecule has 1 fully saturated rings. The molecule has 2 heterocycles. The zero-order chi connectivity index (χ0) is 21.6. The average Bonchev–Trinajstić information content (AvgIpc) is 3.20. The van der Waals surface area contributed by atoms with Crippen LogP contribution in [-0.4, -0.2) is 54.6 Å².